The van der Waals surface area contributed by atoms with Crippen LogP contribution in [-0.4, -0.2) is 0 Å². The zero-order chi connectivity index (χ0) is 54.3. The van der Waals surface area contributed by atoms with Crippen LogP contribution in [0, 0.1) is 13.8 Å². The second-order valence-electron chi connectivity index (χ2n) is 23.3. The first-order chi connectivity index (χ1) is 38.9. The van der Waals surface area contributed by atoms with Gasteiger partial charge in [0.1, 0.15) is 0 Å². The van der Waals surface area contributed by atoms with E-state index in [1.165, 1.54) is 110 Å². The van der Waals surface area contributed by atoms with Crippen LogP contribution in [0.25, 0.3) is 78.9 Å². The highest BCUT2D eigenvalue weighted by Crippen LogP contribution is 2.53. The summed E-state index contributed by atoms with van der Waals surface area (Å²) in [5, 5.41) is 7.41. The maximum atomic E-state index is 2.42. The van der Waals surface area contributed by atoms with Crippen molar-refractivity contribution >= 4 is 90.7 Å². The van der Waals surface area contributed by atoms with Gasteiger partial charge in [0.05, 0.1) is 0 Å². The van der Waals surface area contributed by atoms with Crippen molar-refractivity contribution in [2.75, 3.05) is 9.80 Å². The molecule has 0 heterocycles. The van der Waals surface area contributed by atoms with Crippen LogP contribution in [0.4, 0.5) is 34.1 Å². The van der Waals surface area contributed by atoms with E-state index >= 15 is 0 Å². The van der Waals surface area contributed by atoms with Gasteiger partial charge in [-0.2, -0.15) is 0 Å². The topological polar surface area (TPSA) is 6.48 Å². The molecule has 0 saturated heterocycles. The second-order valence-corrected chi connectivity index (χ2v) is 23.3. The predicted octanol–water partition coefficient (Wildman–Crippen LogP) is 21.7. The van der Waals surface area contributed by atoms with Crippen molar-refractivity contribution in [1.29, 1.82) is 0 Å². The fourth-order valence-corrected chi connectivity index (χ4v) is 12.8. The summed E-state index contributed by atoms with van der Waals surface area (Å²) in [6.07, 6.45) is 9.04. The number of hydrogen-bond donors (Lipinski definition) is 0. The quantitative estimate of drug-likeness (QED) is 0.126. The van der Waals surface area contributed by atoms with Crippen LogP contribution in [0.5, 0.6) is 0 Å². The Morgan fingerprint density at radius 2 is 0.525 bits per heavy atom. The molecule has 0 amide bonds. The van der Waals surface area contributed by atoms with Gasteiger partial charge in [0.2, 0.25) is 0 Å². The fourth-order valence-electron chi connectivity index (χ4n) is 12.8. The van der Waals surface area contributed by atoms with Crippen LogP contribution >= 0.6 is 0 Å². The Hall–Kier alpha value is -9.50. The highest BCUT2D eigenvalue weighted by molar-refractivity contribution is 5.94. The van der Waals surface area contributed by atoms with E-state index in [0.717, 1.165) is 34.1 Å². The summed E-state index contributed by atoms with van der Waals surface area (Å²) < 4.78 is 0. The van der Waals surface area contributed by atoms with Crippen LogP contribution in [-0.2, 0) is 10.8 Å². The summed E-state index contributed by atoms with van der Waals surface area (Å²) in [7, 11) is 0. The third-order valence-electron chi connectivity index (χ3n) is 17.3. The molecule has 0 bridgehead atoms. The standard InChI is InChI=1S/C78H62N2/c1-51-15-31-63(32-16-51)79(65-35-29-57-11-7-9-13-59(57)47-65)67-37-41-71-69-39-25-55(45-73(69)77(3,4)75(71)49-67)21-19-53-23-27-62-44-54(24-28-61(62)43-53)20-22-56-26-40-70-72-42-38-68(50-76(72)78(5,6)74(70)46-56)80(64-33-17-52(2)18-34-64)66-36-30-58-12-8-10-14-60(58)48-66/h7-50H,1-6H3/b21-19+,22-20+. The van der Waals surface area contributed by atoms with E-state index in [0.29, 0.717) is 0 Å². The molecular formula is C78H62N2. The molecule has 2 nitrogen and oxygen atoms in total. The molecule has 2 aliphatic rings. The first-order valence-corrected chi connectivity index (χ1v) is 28.1. The summed E-state index contributed by atoms with van der Waals surface area (Å²) in [5.41, 5.74) is 24.5. The number of fused-ring (bicyclic) bond motifs is 9. The molecule has 12 aromatic carbocycles. The highest BCUT2D eigenvalue weighted by Gasteiger charge is 2.38. The smallest absolute Gasteiger partial charge is 0.0468 e. The largest absolute Gasteiger partial charge is 0.310 e. The van der Waals surface area contributed by atoms with Gasteiger partial charge in [-0.3, -0.25) is 0 Å². The van der Waals surface area contributed by atoms with Crippen LogP contribution in [0.15, 0.2) is 243 Å². The van der Waals surface area contributed by atoms with E-state index in [1.54, 1.807) is 0 Å². The minimum Gasteiger partial charge on any atom is -0.310 e. The Bertz CT molecular complexity index is 4200. The second kappa shape index (κ2) is 19.1. The maximum absolute atomic E-state index is 2.42. The van der Waals surface area contributed by atoms with E-state index in [4.69, 9.17) is 0 Å². The molecule has 0 saturated carbocycles. The molecule has 80 heavy (non-hydrogen) atoms. The third-order valence-corrected chi connectivity index (χ3v) is 17.3. The molecule has 2 heteroatoms. The Morgan fingerprint density at radius 3 is 0.925 bits per heavy atom. The molecule has 0 spiro atoms. The molecular weight excluding hydrogens is 965 g/mol. The zero-order valence-electron chi connectivity index (χ0n) is 46.3. The molecule has 0 unspecified atom stereocenters. The van der Waals surface area contributed by atoms with Gasteiger partial charge in [-0.25, -0.2) is 0 Å². The SMILES string of the molecule is Cc1ccc(N(c2ccc3c(c2)C(C)(C)c2cc(/C=C/c4ccc5cc(/C=C/c6ccc7c(c6)C(C)(C)c6cc(N(c8ccc(C)cc8)c8ccc9ccccc9c8)ccc6-7)ccc5c4)ccc2-3)c2ccc3ccccc3c2)cc1. The van der Waals surface area contributed by atoms with Gasteiger partial charge >= 0.3 is 0 Å². The van der Waals surface area contributed by atoms with E-state index in [-0.39, 0.29) is 10.8 Å². The fraction of sp³-hybridized carbons (Fsp3) is 0.103. The molecule has 14 rings (SSSR count). The Labute approximate surface area is 470 Å². The van der Waals surface area contributed by atoms with Gasteiger partial charge in [0, 0.05) is 45.0 Å². The average Bonchev–Trinajstić information content (AvgIpc) is 3.88. The summed E-state index contributed by atoms with van der Waals surface area (Å²) in [5.74, 6) is 0. The first kappa shape index (κ1) is 48.8. The van der Waals surface area contributed by atoms with E-state index < -0.39 is 0 Å². The van der Waals surface area contributed by atoms with E-state index in [9.17, 15) is 0 Å². The predicted molar refractivity (Wildman–Crippen MR) is 344 cm³/mol. The van der Waals surface area contributed by atoms with Gasteiger partial charge in [-0.1, -0.05) is 221 Å². The molecule has 384 valence electrons. The van der Waals surface area contributed by atoms with Crippen molar-refractivity contribution in [1.82, 2.24) is 0 Å². The molecule has 0 radical (unpaired) electrons. The van der Waals surface area contributed by atoms with E-state index in [2.05, 4.69) is 318 Å². The zero-order valence-corrected chi connectivity index (χ0v) is 46.3. The molecule has 0 fully saturated rings. The van der Waals surface area contributed by atoms with Crippen molar-refractivity contribution < 1.29 is 0 Å². The number of benzene rings is 12. The number of hydrogen-bond acceptors (Lipinski definition) is 2. The third kappa shape index (κ3) is 8.60. The van der Waals surface area contributed by atoms with E-state index in [1.807, 2.05) is 0 Å². The first-order valence-electron chi connectivity index (χ1n) is 28.1. The van der Waals surface area contributed by atoms with Crippen LogP contribution in [0.3, 0.4) is 0 Å². The van der Waals surface area contributed by atoms with Crippen LogP contribution in [0.2, 0.25) is 0 Å². The van der Waals surface area contributed by atoms with Crippen LogP contribution < -0.4 is 9.80 Å². The monoisotopic (exact) mass is 1030 g/mol. The molecule has 0 aromatic heterocycles. The molecule has 12 aromatic rings. The Kier molecular flexibility index (Phi) is 11.7. The van der Waals surface area contributed by atoms with Gasteiger partial charge in [-0.15, -0.1) is 0 Å². The van der Waals surface area contributed by atoms with Crippen molar-refractivity contribution in [3.05, 3.63) is 298 Å². The molecule has 2 aliphatic carbocycles. The average molecular weight is 1030 g/mol. The van der Waals surface area contributed by atoms with Crippen molar-refractivity contribution in [2.24, 2.45) is 0 Å². The van der Waals surface area contributed by atoms with Crippen molar-refractivity contribution in [3.8, 4) is 22.3 Å². The minimum atomic E-state index is -0.180. The highest BCUT2D eigenvalue weighted by atomic mass is 15.1. The van der Waals surface area contributed by atoms with Gasteiger partial charge < -0.3 is 9.80 Å². The number of anilines is 6. The lowest BCUT2D eigenvalue weighted by Gasteiger charge is -2.28. The summed E-state index contributed by atoms with van der Waals surface area (Å²) in [6, 6.07) is 90.3. The van der Waals surface area contributed by atoms with Crippen molar-refractivity contribution in [2.45, 2.75) is 52.4 Å². The lowest BCUT2D eigenvalue weighted by molar-refractivity contribution is 0.660. The normalized spacial score (nSPS) is 13.7. The Morgan fingerprint density at radius 1 is 0.250 bits per heavy atom. The van der Waals surface area contributed by atoms with Crippen LogP contribution in [0.1, 0.15) is 83.3 Å². The Balaban J connectivity index is 0.689. The number of aryl methyl sites for hydroxylation is 2. The lowest BCUT2D eigenvalue weighted by atomic mass is 9.81. The molecule has 0 N–H and O–H groups in total. The molecule has 0 aliphatic heterocycles. The lowest BCUT2D eigenvalue weighted by Crippen LogP contribution is -2.16. The van der Waals surface area contributed by atoms with Gasteiger partial charge in [0.15, 0.2) is 0 Å². The maximum Gasteiger partial charge on any atom is 0.0468 e. The van der Waals surface area contributed by atoms with Crippen molar-refractivity contribution in [3.63, 3.8) is 0 Å². The van der Waals surface area contributed by atoms with Gasteiger partial charge in [0.25, 0.3) is 0 Å². The minimum absolute atomic E-state index is 0.180. The molecule has 0 atom stereocenters. The summed E-state index contributed by atoms with van der Waals surface area (Å²) in [4.78, 5) is 4.80. The van der Waals surface area contributed by atoms with Gasteiger partial charge in [-0.05, 0) is 198 Å². The summed E-state index contributed by atoms with van der Waals surface area (Å²) in [6.45, 7) is 13.8. The number of nitrogens with zero attached hydrogens (tertiary/aromatic N) is 2. The number of rotatable bonds is 10. The summed E-state index contributed by atoms with van der Waals surface area (Å²) >= 11 is 0.